The summed E-state index contributed by atoms with van der Waals surface area (Å²) in [5, 5.41) is 1.66. The SMILES string of the molecule is C=Cc1ccc2c(Cl)cc(-c3ccc(C(C)(C)CN)cc3)nc2c1. The molecule has 122 valence electrons. The maximum atomic E-state index is 6.45. The zero-order valence-electron chi connectivity index (χ0n) is 14.0. The van der Waals surface area contributed by atoms with E-state index in [1.807, 2.05) is 30.3 Å². The average Bonchev–Trinajstić information content (AvgIpc) is 2.61. The van der Waals surface area contributed by atoms with E-state index in [9.17, 15) is 0 Å². The van der Waals surface area contributed by atoms with Crippen LogP contribution in [0.3, 0.4) is 0 Å². The summed E-state index contributed by atoms with van der Waals surface area (Å²) < 4.78 is 0. The molecule has 0 amide bonds. The lowest BCUT2D eigenvalue weighted by atomic mass is 9.84. The number of fused-ring (bicyclic) bond motifs is 1. The highest BCUT2D eigenvalue weighted by Crippen LogP contribution is 2.30. The second-order valence-corrected chi connectivity index (χ2v) is 7.04. The van der Waals surface area contributed by atoms with Gasteiger partial charge in [0.05, 0.1) is 16.2 Å². The highest BCUT2D eigenvalue weighted by atomic mass is 35.5. The number of hydrogen-bond donors (Lipinski definition) is 1. The second kappa shape index (κ2) is 6.39. The Balaban J connectivity index is 2.07. The number of halogens is 1. The third-order valence-electron chi connectivity index (χ3n) is 4.49. The van der Waals surface area contributed by atoms with E-state index in [2.05, 4.69) is 44.7 Å². The lowest BCUT2D eigenvalue weighted by Gasteiger charge is -2.23. The van der Waals surface area contributed by atoms with Crippen LogP contribution in [-0.4, -0.2) is 11.5 Å². The normalized spacial score (nSPS) is 11.7. The summed E-state index contributed by atoms with van der Waals surface area (Å²) in [7, 11) is 0. The Morgan fingerprint density at radius 1 is 1.12 bits per heavy atom. The van der Waals surface area contributed by atoms with Gasteiger partial charge < -0.3 is 5.73 Å². The number of nitrogens with zero attached hydrogens (tertiary/aromatic N) is 1. The van der Waals surface area contributed by atoms with Crippen LogP contribution in [0.5, 0.6) is 0 Å². The first-order valence-electron chi connectivity index (χ1n) is 7.98. The molecule has 3 rings (SSSR count). The minimum atomic E-state index is -0.0359. The summed E-state index contributed by atoms with van der Waals surface area (Å²) >= 11 is 6.45. The van der Waals surface area contributed by atoms with Gasteiger partial charge in [-0.3, -0.25) is 0 Å². The Morgan fingerprint density at radius 3 is 2.46 bits per heavy atom. The van der Waals surface area contributed by atoms with Crippen molar-refractivity contribution in [1.29, 1.82) is 0 Å². The molecule has 0 aliphatic rings. The summed E-state index contributed by atoms with van der Waals surface area (Å²) in [5.74, 6) is 0. The highest BCUT2D eigenvalue weighted by Gasteiger charge is 2.18. The van der Waals surface area contributed by atoms with Gasteiger partial charge in [-0.15, -0.1) is 0 Å². The maximum absolute atomic E-state index is 6.45. The minimum absolute atomic E-state index is 0.0359. The van der Waals surface area contributed by atoms with E-state index in [-0.39, 0.29) is 5.41 Å². The van der Waals surface area contributed by atoms with E-state index >= 15 is 0 Å². The molecule has 0 atom stereocenters. The van der Waals surface area contributed by atoms with E-state index in [1.54, 1.807) is 0 Å². The third kappa shape index (κ3) is 3.08. The van der Waals surface area contributed by atoms with E-state index in [4.69, 9.17) is 22.3 Å². The van der Waals surface area contributed by atoms with Crippen LogP contribution in [0.1, 0.15) is 25.0 Å². The molecule has 2 aromatic carbocycles. The van der Waals surface area contributed by atoms with Crippen molar-refractivity contribution in [3.63, 3.8) is 0 Å². The molecule has 3 heteroatoms. The number of rotatable bonds is 4. The fourth-order valence-corrected chi connectivity index (χ4v) is 2.95. The fourth-order valence-electron chi connectivity index (χ4n) is 2.69. The van der Waals surface area contributed by atoms with Gasteiger partial charge in [-0.05, 0) is 23.3 Å². The molecule has 3 aromatic rings. The predicted octanol–water partition coefficient (Wildman–Crippen LogP) is 5.43. The van der Waals surface area contributed by atoms with Gasteiger partial charge in [0.25, 0.3) is 0 Å². The van der Waals surface area contributed by atoms with Gasteiger partial charge in [-0.2, -0.15) is 0 Å². The molecule has 24 heavy (non-hydrogen) atoms. The number of pyridine rings is 1. The van der Waals surface area contributed by atoms with Gasteiger partial charge in [0.1, 0.15) is 0 Å². The molecule has 0 unspecified atom stereocenters. The molecular formula is C21H21ClN2. The van der Waals surface area contributed by atoms with Crippen LogP contribution in [0, 0.1) is 0 Å². The van der Waals surface area contributed by atoms with E-state index in [0.717, 1.165) is 27.7 Å². The summed E-state index contributed by atoms with van der Waals surface area (Å²) in [4.78, 5) is 4.77. The van der Waals surface area contributed by atoms with Crippen LogP contribution in [0.2, 0.25) is 5.02 Å². The Morgan fingerprint density at radius 2 is 1.83 bits per heavy atom. The smallest absolute Gasteiger partial charge is 0.0730 e. The van der Waals surface area contributed by atoms with E-state index in [0.29, 0.717) is 11.6 Å². The van der Waals surface area contributed by atoms with Crippen molar-refractivity contribution in [3.05, 3.63) is 71.3 Å². The molecule has 0 aliphatic heterocycles. The summed E-state index contributed by atoms with van der Waals surface area (Å²) in [5.41, 5.74) is 10.9. The van der Waals surface area contributed by atoms with Crippen LogP contribution < -0.4 is 5.73 Å². The molecule has 0 spiro atoms. The monoisotopic (exact) mass is 336 g/mol. The standard InChI is InChI=1S/C21H21ClN2/c1-4-14-5-10-17-18(22)12-19(24-20(17)11-14)15-6-8-16(9-7-15)21(2,3)13-23/h4-12H,1,13,23H2,2-3H3. The van der Waals surface area contributed by atoms with Crippen LogP contribution in [0.4, 0.5) is 0 Å². The molecule has 0 saturated carbocycles. The van der Waals surface area contributed by atoms with Crippen molar-refractivity contribution in [3.8, 4) is 11.3 Å². The Bertz CT molecular complexity index is 896. The van der Waals surface area contributed by atoms with Crippen LogP contribution in [-0.2, 0) is 5.41 Å². The van der Waals surface area contributed by atoms with Gasteiger partial charge in [-0.1, -0.05) is 74.5 Å². The molecular weight excluding hydrogens is 316 g/mol. The molecule has 0 fully saturated rings. The average molecular weight is 337 g/mol. The third-order valence-corrected chi connectivity index (χ3v) is 4.80. The first-order valence-corrected chi connectivity index (χ1v) is 8.36. The largest absolute Gasteiger partial charge is 0.330 e. The first-order chi connectivity index (χ1) is 11.4. The van der Waals surface area contributed by atoms with Gasteiger partial charge in [0.2, 0.25) is 0 Å². The zero-order chi connectivity index (χ0) is 17.3. The number of aromatic nitrogens is 1. The van der Waals surface area contributed by atoms with Crippen molar-refractivity contribution in [2.24, 2.45) is 5.73 Å². The Labute approximate surface area is 148 Å². The van der Waals surface area contributed by atoms with Crippen LogP contribution in [0.15, 0.2) is 55.1 Å². The second-order valence-electron chi connectivity index (χ2n) is 6.64. The first kappa shape index (κ1) is 16.7. The Kier molecular flexibility index (Phi) is 4.44. The highest BCUT2D eigenvalue weighted by molar-refractivity contribution is 6.35. The number of hydrogen-bond acceptors (Lipinski definition) is 2. The van der Waals surface area contributed by atoms with Crippen molar-refractivity contribution in [1.82, 2.24) is 4.98 Å². The molecule has 0 aliphatic carbocycles. The summed E-state index contributed by atoms with van der Waals surface area (Å²) in [6.45, 7) is 8.70. The van der Waals surface area contributed by atoms with Crippen LogP contribution >= 0.6 is 11.6 Å². The molecule has 2 nitrogen and oxygen atoms in total. The number of nitrogens with two attached hydrogens (primary N) is 1. The minimum Gasteiger partial charge on any atom is -0.330 e. The van der Waals surface area contributed by atoms with Gasteiger partial charge in [-0.25, -0.2) is 4.98 Å². The van der Waals surface area contributed by atoms with Gasteiger partial charge in [0, 0.05) is 22.9 Å². The number of benzene rings is 2. The molecule has 0 bridgehead atoms. The fraction of sp³-hybridized carbons (Fsp3) is 0.190. The topological polar surface area (TPSA) is 38.9 Å². The van der Waals surface area contributed by atoms with Gasteiger partial charge in [0.15, 0.2) is 0 Å². The quantitative estimate of drug-likeness (QED) is 0.689. The predicted molar refractivity (Wildman–Crippen MR) is 104 cm³/mol. The molecule has 0 saturated heterocycles. The van der Waals surface area contributed by atoms with Crippen molar-refractivity contribution in [2.45, 2.75) is 19.3 Å². The van der Waals surface area contributed by atoms with Crippen molar-refractivity contribution >= 4 is 28.6 Å². The van der Waals surface area contributed by atoms with E-state index in [1.165, 1.54) is 5.56 Å². The lowest BCUT2D eigenvalue weighted by Crippen LogP contribution is -2.27. The van der Waals surface area contributed by atoms with Crippen molar-refractivity contribution < 1.29 is 0 Å². The zero-order valence-corrected chi connectivity index (χ0v) is 14.8. The van der Waals surface area contributed by atoms with Gasteiger partial charge >= 0.3 is 0 Å². The lowest BCUT2D eigenvalue weighted by molar-refractivity contribution is 0.539. The van der Waals surface area contributed by atoms with Crippen molar-refractivity contribution in [2.75, 3.05) is 6.54 Å². The summed E-state index contributed by atoms with van der Waals surface area (Å²) in [6.07, 6.45) is 1.81. The molecule has 0 radical (unpaired) electrons. The summed E-state index contributed by atoms with van der Waals surface area (Å²) in [6, 6.07) is 16.3. The van der Waals surface area contributed by atoms with Crippen LogP contribution in [0.25, 0.3) is 28.2 Å². The maximum Gasteiger partial charge on any atom is 0.0730 e. The molecule has 2 N–H and O–H groups in total. The Hall–Kier alpha value is -2.16. The molecule has 1 heterocycles. The molecule has 1 aromatic heterocycles. The van der Waals surface area contributed by atoms with E-state index < -0.39 is 0 Å².